The molecule has 1 aliphatic rings. The van der Waals surface area contributed by atoms with Gasteiger partial charge in [-0.05, 0) is 63.4 Å². The van der Waals surface area contributed by atoms with Crippen molar-refractivity contribution in [2.75, 3.05) is 26.3 Å². The summed E-state index contributed by atoms with van der Waals surface area (Å²) < 4.78 is 32.8. The second-order valence-electron chi connectivity index (χ2n) is 11.0. The first-order valence-electron chi connectivity index (χ1n) is 13.6. The summed E-state index contributed by atoms with van der Waals surface area (Å²) in [4.78, 5) is 40.9. The highest BCUT2D eigenvalue weighted by Gasteiger charge is 2.39. The van der Waals surface area contributed by atoms with E-state index in [0.717, 1.165) is 0 Å². The van der Waals surface area contributed by atoms with Gasteiger partial charge in [0.25, 0.3) is 5.91 Å². The van der Waals surface area contributed by atoms with Crippen LogP contribution in [0.1, 0.15) is 39.7 Å². The first-order chi connectivity index (χ1) is 19.4. The number of nitrogens with zero attached hydrogens (tertiary/aromatic N) is 4. The van der Waals surface area contributed by atoms with E-state index in [4.69, 9.17) is 13.9 Å². The minimum atomic E-state index is -0.968. The zero-order chi connectivity index (χ0) is 29.9. The number of rotatable bonds is 6. The van der Waals surface area contributed by atoms with Gasteiger partial charge < -0.3 is 23.7 Å². The SMILES string of the molecule is CCOC(=O)N1CCCO[C@H](C(=O)N([C@H](C#N)Cc2ccc(-c3ccc4oc(=O)n(C)c4c3)c(F)c2)C(C)(C)C)C1. The predicted molar refractivity (Wildman–Crippen MR) is 150 cm³/mol. The maximum absolute atomic E-state index is 15.4. The maximum Gasteiger partial charge on any atom is 0.419 e. The van der Waals surface area contributed by atoms with Crippen LogP contribution in [0.5, 0.6) is 0 Å². The first kappa shape index (κ1) is 29.8. The molecule has 3 aromatic rings. The predicted octanol–water partition coefficient (Wildman–Crippen LogP) is 4.25. The minimum Gasteiger partial charge on any atom is -0.450 e. The third-order valence-electron chi connectivity index (χ3n) is 7.06. The van der Waals surface area contributed by atoms with Crippen LogP contribution in [0.15, 0.2) is 45.6 Å². The van der Waals surface area contributed by atoms with Crippen LogP contribution in [0.25, 0.3) is 22.2 Å². The van der Waals surface area contributed by atoms with E-state index in [0.29, 0.717) is 40.8 Å². The van der Waals surface area contributed by atoms with Crippen molar-refractivity contribution in [2.45, 2.75) is 58.2 Å². The van der Waals surface area contributed by atoms with Gasteiger partial charge in [-0.1, -0.05) is 18.2 Å². The monoisotopic (exact) mass is 566 g/mol. The number of aryl methyl sites for hydroxylation is 1. The molecule has 0 aliphatic carbocycles. The van der Waals surface area contributed by atoms with Crippen molar-refractivity contribution in [2.24, 2.45) is 7.05 Å². The standard InChI is InChI=1S/C30H35FN4O6/c1-6-39-29(38)34-12-7-13-40-26(18-34)27(36)35(30(2,3)4)21(17-32)14-19-8-10-22(23(31)15-19)20-9-11-25-24(16-20)33(5)28(37)41-25/h8-11,15-16,21,26H,6-7,12-14,18H2,1-5H3/t21-,26-/m0/s1. The molecule has 1 saturated heterocycles. The Bertz CT molecular complexity index is 1530. The molecule has 2 amide bonds. The molecule has 2 aromatic carbocycles. The Labute approximate surface area is 237 Å². The van der Waals surface area contributed by atoms with Crippen LogP contribution < -0.4 is 5.76 Å². The fraction of sp³-hybridized carbons (Fsp3) is 0.467. The summed E-state index contributed by atoms with van der Waals surface area (Å²) in [6.07, 6.45) is -0.847. The highest BCUT2D eigenvalue weighted by molar-refractivity contribution is 5.83. The van der Waals surface area contributed by atoms with Crippen molar-refractivity contribution < 1.29 is 27.9 Å². The van der Waals surface area contributed by atoms with Crippen molar-refractivity contribution in [1.82, 2.24) is 14.4 Å². The molecular weight excluding hydrogens is 531 g/mol. The summed E-state index contributed by atoms with van der Waals surface area (Å²) in [5, 5.41) is 10.2. The maximum atomic E-state index is 15.4. The van der Waals surface area contributed by atoms with E-state index >= 15 is 4.39 Å². The zero-order valence-electron chi connectivity index (χ0n) is 24.0. The molecule has 1 aromatic heterocycles. The van der Waals surface area contributed by atoms with E-state index in [9.17, 15) is 19.6 Å². The number of carbonyl (C=O) groups is 2. The van der Waals surface area contributed by atoms with Crippen molar-refractivity contribution in [3.8, 4) is 17.2 Å². The Balaban J connectivity index is 1.58. The third-order valence-corrected chi connectivity index (χ3v) is 7.06. The molecule has 0 unspecified atom stereocenters. The smallest absolute Gasteiger partial charge is 0.419 e. The van der Waals surface area contributed by atoms with Crippen molar-refractivity contribution in [3.63, 3.8) is 0 Å². The van der Waals surface area contributed by atoms with Gasteiger partial charge in [0.05, 0.1) is 24.7 Å². The number of hydrogen-bond donors (Lipinski definition) is 0. The lowest BCUT2D eigenvalue weighted by molar-refractivity contribution is -0.150. The van der Waals surface area contributed by atoms with Crippen molar-refractivity contribution in [3.05, 3.63) is 58.3 Å². The average Bonchev–Trinajstić information content (AvgIpc) is 3.08. The first-order valence-corrected chi connectivity index (χ1v) is 13.6. The number of fused-ring (bicyclic) bond motifs is 1. The van der Waals surface area contributed by atoms with Gasteiger partial charge in [0.15, 0.2) is 11.7 Å². The Hall–Kier alpha value is -4.17. The average molecular weight is 567 g/mol. The summed E-state index contributed by atoms with van der Waals surface area (Å²) in [6.45, 7) is 8.08. The molecule has 4 rings (SSSR count). The van der Waals surface area contributed by atoms with Crippen molar-refractivity contribution in [1.29, 1.82) is 5.26 Å². The van der Waals surface area contributed by atoms with Crippen LogP contribution >= 0.6 is 0 Å². The largest absolute Gasteiger partial charge is 0.450 e. The number of carbonyl (C=O) groups excluding carboxylic acids is 2. The van der Waals surface area contributed by atoms with Gasteiger partial charge in [-0.25, -0.2) is 14.0 Å². The Morgan fingerprint density at radius 2 is 2.00 bits per heavy atom. The van der Waals surface area contributed by atoms with E-state index in [2.05, 4.69) is 6.07 Å². The highest BCUT2D eigenvalue weighted by Crippen LogP contribution is 2.29. The lowest BCUT2D eigenvalue weighted by Gasteiger charge is -2.41. The molecule has 2 heterocycles. The molecule has 0 saturated carbocycles. The van der Waals surface area contributed by atoms with Crippen LogP contribution in [0.2, 0.25) is 0 Å². The molecule has 0 bridgehead atoms. The second kappa shape index (κ2) is 12.1. The lowest BCUT2D eigenvalue weighted by atomic mass is 9.96. The summed E-state index contributed by atoms with van der Waals surface area (Å²) in [5.74, 6) is -1.43. The molecule has 2 atom stereocenters. The number of oxazole rings is 1. The van der Waals surface area contributed by atoms with Gasteiger partial charge in [0, 0.05) is 37.7 Å². The summed E-state index contributed by atoms with van der Waals surface area (Å²) in [5.41, 5.74) is 1.61. The number of amides is 2. The van der Waals surface area contributed by atoms with Crippen LogP contribution in [0, 0.1) is 17.1 Å². The number of aromatic nitrogens is 1. The summed E-state index contributed by atoms with van der Waals surface area (Å²) >= 11 is 0. The lowest BCUT2D eigenvalue weighted by Crippen LogP contribution is -2.57. The van der Waals surface area contributed by atoms with E-state index in [1.807, 2.05) is 20.8 Å². The van der Waals surface area contributed by atoms with Crippen LogP contribution in [0.3, 0.4) is 0 Å². The summed E-state index contributed by atoms with van der Waals surface area (Å²) in [6, 6.07) is 11.0. The molecule has 0 N–H and O–H groups in total. The quantitative estimate of drug-likeness (QED) is 0.438. The number of ether oxygens (including phenoxy) is 2. The normalized spacial score (nSPS) is 16.6. The van der Waals surface area contributed by atoms with Crippen molar-refractivity contribution >= 4 is 23.1 Å². The molecule has 1 fully saturated rings. The zero-order valence-corrected chi connectivity index (χ0v) is 24.0. The number of benzene rings is 2. The number of nitriles is 1. The molecule has 11 heteroatoms. The second-order valence-corrected chi connectivity index (χ2v) is 11.0. The van der Waals surface area contributed by atoms with Crippen LogP contribution in [0.4, 0.5) is 9.18 Å². The molecule has 0 spiro atoms. The molecular formula is C30H35FN4O6. The van der Waals surface area contributed by atoms with E-state index in [-0.39, 0.29) is 26.2 Å². The Morgan fingerprint density at radius 3 is 2.66 bits per heavy atom. The number of halogens is 1. The fourth-order valence-electron chi connectivity index (χ4n) is 5.09. The molecule has 1 aliphatic heterocycles. The molecule has 218 valence electrons. The molecule has 10 nitrogen and oxygen atoms in total. The van der Waals surface area contributed by atoms with Gasteiger partial charge in [0.1, 0.15) is 11.9 Å². The fourth-order valence-corrected chi connectivity index (χ4v) is 5.09. The molecule has 41 heavy (non-hydrogen) atoms. The van der Waals surface area contributed by atoms with Gasteiger partial charge >= 0.3 is 11.8 Å². The van der Waals surface area contributed by atoms with Gasteiger partial charge in [-0.3, -0.25) is 9.36 Å². The van der Waals surface area contributed by atoms with Crippen LogP contribution in [-0.4, -0.2) is 70.4 Å². The Morgan fingerprint density at radius 1 is 1.24 bits per heavy atom. The topological polar surface area (TPSA) is 118 Å². The molecule has 0 radical (unpaired) electrons. The third kappa shape index (κ3) is 6.43. The Kier molecular flexibility index (Phi) is 8.83. The van der Waals surface area contributed by atoms with Gasteiger partial charge in [0.2, 0.25) is 0 Å². The highest BCUT2D eigenvalue weighted by atomic mass is 19.1. The minimum absolute atomic E-state index is 0.0122. The van der Waals surface area contributed by atoms with E-state index in [1.54, 1.807) is 44.3 Å². The van der Waals surface area contributed by atoms with E-state index in [1.165, 1.54) is 20.4 Å². The van der Waals surface area contributed by atoms with E-state index < -0.39 is 41.3 Å². The number of hydrogen-bond acceptors (Lipinski definition) is 7. The summed E-state index contributed by atoms with van der Waals surface area (Å²) in [7, 11) is 1.58. The van der Waals surface area contributed by atoms with Gasteiger partial charge in [-0.15, -0.1) is 0 Å². The van der Waals surface area contributed by atoms with Crippen LogP contribution in [-0.2, 0) is 27.7 Å². The van der Waals surface area contributed by atoms with Gasteiger partial charge in [-0.2, -0.15) is 5.26 Å².